The number of ether oxygens (including phenoxy) is 1. The van der Waals surface area contributed by atoms with Crippen LogP contribution in [0.15, 0.2) is 0 Å². The van der Waals surface area contributed by atoms with E-state index >= 15 is 0 Å². The monoisotopic (exact) mass is 159 g/mol. The number of rotatable bonds is 3. The van der Waals surface area contributed by atoms with Crippen LogP contribution in [0.2, 0.25) is 0 Å². The molecule has 66 valence electrons. The van der Waals surface area contributed by atoms with Crippen LogP contribution in [0.25, 0.3) is 0 Å². The van der Waals surface area contributed by atoms with E-state index in [1.807, 2.05) is 0 Å². The Kier molecular flexibility index (Phi) is 3.83. The van der Waals surface area contributed by atoms with Gasteiger partial charge in [-0.25, -0.2) is 0 Å². The van der Waals surface area contributed by atoms with Gasteiger partial charge in [0.15, 0.2) is 0 Å². The quantitative estimate of drug-likeness (QED) is 0.633. The maximum Gasteiger partial charge on any atom is 0.0674 e. The highest BCUT2D eigenvalue weighted by atomic mass is 16.5. The molecule has 1 aliphatic rings. The van der Waals surface area contributed by atoms with Crippen molar-refractivity contribution in [3.05, 3.63) is 0 Å². The van der Waals surface area contributed by atoms with E-state index in [0.29, 0.717) is 12.7 Å². The summed E-state index contributed by atoms with van der Waals surface area (Å²) in [7, 11) is 0. The predicted molar refractivity (Wildman–Crippen MR) is 43.6 cm³/mol. The third-order valence-electron chi connectivity index (χ3n) is 1.96. The number of morpholine rings is 1. The van der Waals surface area contributed by atoms with Gasteiger partial charge in [0.25, 0.3) is 0 Å². The molecule has 1 N–H and O–H groups in total. The third kappa shape index (κ3) is 3.18. The van der Waals surface area contributed by atoms with Crippen molar-refractivity contribution in [2.45, 2.75) is 19.4 Å². The maximum absolute atomic E-state index is 8.60. The smallest absolute Gasteiger partial charge is 0.0674 e. The van der Waals surface area contributed by atoms with Crippen LogP contribution < -0.4 is 0 Å². The SMILES string of the molecule is C[C@H]1CN(CCCO)CCO1. The Bertz CT molecular complexity index is 108. The highest BCUT2D eigenvalue weighted by Gasteiger charge is 2.15. The third-order valence-corrected chi connectivity index (χ3v) is 1.96. The summed E-state index contributed by atoms with van der Waals surface area (Å²) in [5.41, 5.74) is 0. The van der Waals surface area contributed by atoms with Gasteiger partial charge in [0.2, 0.25) is 0 Å². The number of hydrogen-bond acceptors (Lipinski definition) is 3. The summed E-state index contributed by atoms with van der Waals surface area (Å²) in [6, 6.07) is 0. The van der Waals surface area contributed by atoms with Crippen molar-refractivity contribution >= 4 is 0 Å². The summed E-state index contributed by atoms with van der Waals surface area (Å²) in [4.78, 5) is 2.34. The summed E-state index contributed by atoms with van der Waals surface area (Å²) >= 11 is 0. The second-order valence-electron chi connectivity index (χ2n) is 3.06. The van der Waals surface area contributed by atoms with Crippen molar-refractivity contribution in [2.75, 3.05) is 32.8 Å². The van der Waals surface area contributed by atoms with Crippen molar-refractivity contribution in [2.24, 2.45) is 0 Å². The average Bonchev–Trinajstić information content (AvgIpc) is 2.01. The Morgan fingerprint density at radius 3 is 3.09 bits per heavy atom. The lowest BCUT2D eigenvalue weighted by atomic mass is 10.3. The highest BCUT2D eigenvalue weighted by molar-refractivity contribution is 4.67. The minimum atomic E-state index is 0.297. The molecule has 11 heavy (non-hydrogen) atoms. The van der Waals surface area contributed by atoms with Crippen LogP contribution in [0.5, 0.6) is 0 Å². The largest absolute Gasteiger partial charge is 0.396 e. The van der Waals surface area contributed by atoms with Crippen molar-refractivity contribution < 1.29 is 9.84 Å². The lowest BCUT2D eigenvalue weighted by molar-refractivity contribution is -0.0195. The molecule has 0 radical (unpaired) electrons. The van der Waals surface area contributed by atoms with Crippen LogP contribution >= 0.6 is 0 Å². The van der Waals surface area contributed by atoms with Crippen molar-refractivity contribution in [1.82, 2.24) is 4.90 Å². The molecule has 0 bridgehead atoms. The van der Waals surface area contributed by atoms with Crippen LogP contribution in [-0.2, 0) is 4.74 Å². The van der Waals surface area contributed by atoms with Gasteiger partial charge >= 0.3 is 0 Å². The number of nitrogens with zero attached hydrogens (tertiary/aromatic N) is 1. The predicted octanol–water partition coefficient (Wildman–Crippen LogP) is 0.0895. The van der Waals surface area contributed by atoms with Crippen LogP contribution in [-0.4, -0.2) is 49.0 Å². The Morgan fingerprint density at radius 1 is 1.64 bits per heavy atom. The van der Waals surface area contributed by atoms with Gasteiger partial charge in [-0.1, -0.05) is 0 Å². The molecule has 1 atom stereocenters. The minimum Gasteiger partial charge on any atom is -0.396 e. The van der Waals surface area contributed by atoms with Gasteiger partial charge in [-0.3, -0.25) is 4.90 Å². The summed E-state index contributed by atoms with van der Waals surface area (Å²) in [6.07, 6.45) is 1.25. The molecule has 1 aliphatic heterocycles. The molecule has 0 aromatic heterocycles. The van der Waals surface area contributed by atoms with E-state index in [-0.39, 0.29) is 0 Å². The fourth-order valence-corrected chi connectivity index (χ4v) is 1.39. The second-order valence-corrected chi connectivity index (χ2v) is 3.06. The zero-order chi connectivity index (χ0) is 8.10. The number of aliphatic hydroxyl groups is 1. The van der Waals surface area contributed by atoms with Gasteiger partial charge in [0.1, 0.15) is 0 Å². The Labute approximate surface area is 68.0 Å². The molecule has 3 heteroatoms. The molecule has 1 fully saturated rings. The second kappa shape index (κ2) is 4.70. The Morgan fingerprint density at radius 2 is 2.45 bits per heavy atom. The van der Waals surface area contributed by atoms with E-state index in [0.717, 1.165) is 32.7 Å². The topological polar surface area (TPSA) is 32.7 Å². The first-order valence-corrected chi connectivity index (χ1v) is 4.27. The molecule has 0 aromatic carbocycles. The first kappa shape index (κ1) is 8.97. The molecular weight excluding hydrogens is 142 g/mol. The molecule has 0 aromatic rings. The van der Waals surface area contributed by atoms with E-state index in [2.05, 4.69) is 11.8 Å². The molecule has 0 saturated carbocycles. The van der Waals surface area contributed by atoms with Gasteiger partial charge in [0.05, 0.1) is 12.7 Å². The van der Waals surface area contributed by atoms with Crippen molar-refractivity contribution in [1.29, 1.82) is 0 Å². The van der Waals surface area contributed by atoms with E-state index < -0.39 is 0 Å². The summed E-state index contributed by atoms with van der Waals surface area (Å²) in [5, 5.41) is 8.60. The molecule has 0 unspecified atom stereocenters. The lowest BCUT2D eigenvalue weighted by Crippen LogP contribution is -2.41. The first-order valence-electron chi connectivity index (χ1n) is 4.27. The fourth-order valence-electron chi connectivity index (χ4n) is 1.39. The fraction of sp³-hybridized carbons (Fsp3) is 1.00. The van der Waals surface area contributed by atoms with E-state index in [1.54, 1.807) is 0 Å². The van der Waals surface area contributed by atoms with Gasteiger partial charge in [-0.05, 0) is 13.3 Å². The van der Waals surface area contributed by atoms with Gasteiger partial charge in [-0.2, -0.15) is 0 Å². The first-order chi connectivity index (χ1) is 5.33. The van der Waals surface area contributed by atoms with Crippen LogP contribution in [0.3, 0.4) is 0 Å². The highest BCUT2D eigenvalue weighted by Crippen LogP contribution is 2.03. The van der Waals surface area contributed by atoms with E-state index in [1.165, 1.54) is 0 Å². The molecule has 0 spiro atoms. The van der Waals surface area contributed by atoms with Crippen LogP contribution in [0, 0.1) is 0 Å². The normalized spacial score (nSPS) is 27.3. The van der Waals surface area contributed by atoms with Crippen LogP contribution in [0.4, 0.5) is 0 Å². The van der Waals surface area contributed by atoms with Crippen molar-refractivity contribution in [3.8, 4) is 0 Å². The zero-order valence-corrected chi connectivity index (χ0v) is 7.12. The van der Waals surface area contributed by atoms with Gasteiger partial charge in [-0.15, -0.1) is 0 Å². The Hall–Kier alpha value is -0.120. The maximum atomic E-state index is 8.60. The van der Waals surface area contributed by atoms with Gasteiger partial charge < -0.3 is 9.84 Å². The molecule has 1 saturated heterocycles. The van der Waals surface area contributed by atoms with Crippen LogP contribution in [0.1, 0.15) is 13.3 Å². The summed E-state index contributed by atoms with van der Waals surface area (Å²) < 4.78 is 5.38. The standard InChI is InChI=1S/C8H17NO2/c1-8-7-9(3-2-5-10)4-6-11-8/h8,10H,2-7H2,1H3/t8-/m0/s1. The average molecular weight is 159 g/mol. The number of hydrogen-bond donors (Lipinski definition) is 1. The molecule has 0 amide bonds. The molecule has 3 nitrogen and oxygen atoms in total. The minimum absolute atomic E-state index is 0.297. The molecule has 1 rings (SSSR count). The molecule has 1 heterocycles. The van der Waals surface area contributed by atoms with Gasteiger partial charge in [0, 0.05) is 26.2 Å². The molecular formula is C8H17NO2. The van der Waals surface area contributed by atoms with Crippen molar-refractivity contribution in [3.63, 3.8) is 0 Å². The molecule has 0 aliphatic carbocycles. The Balaban J connectivity index is 2.12. The zero-order valence-electron chi connectivity index (χ0n) is 7.12. The lowest BCUT2D eigenvalue weighted by Gasteiger charge is -2.30. The van der Waals surface area contributed by atoms with E-state index in [9.17, 15) is 0 Å². The summed E-state index contributed by atoms with van der Waals surface area (Å²) in [6.45, 7) is 6.26. The summed E-state index contributed by atoms with van der Waals surface area (Å²) in [5.74, 6) is 0. The number of aliphatic hydroxyl groups excluding tert-OH is 1. The van der Waals surface area contributed by atoms with E-state index in [4.69, 9.17) is 9.84 Å².